The standard InChI is InChI=1S/C15H24N4O2/c1-3-19-9-5-6-11(10-19)18-14-13(16)12(7-8-17-14)15(20)21-4-2/h7-8,11H,3-6,9-10,16H2,1-2H3,(H,17,18). The van der Waals surface area contributed by atoms with E-state index in [1.807, 2.05) is 0 Å². The molecular formula is C15H24N4O2. The molecule has 1 aliphatic heterocycles. The van der Waals surface area contributed by atoms with Crippen LogP contribution in [0.2, 0.25) is 0 Å². The summed E-state index contributed by atoms with van der Waals surface area (Å²) in [6.45, 7) is 7.43. The first kappa shape index (κ1) is 15.6. The lowest BCUT2D eigenvalue weighted by atomic mass is 10.1. The number of nitrogens with one attached hydrogen (secondary N) is 1. The van der Waals surface area contributed by atoms with Crippen molar-refractivity contribution < 1.29 is 9.53 Å². The van der Waals surface area contributed by atoms with E-state index in [1.54, 1.807) is 19.2 Å². The van der Waals surface area contributed by atoms with E-state index in [0.717, 1.165) is 32.5 Å². The van der Waals surface area contributed by atoms with Crippen LogP contribution in [0, 0.1) is 0 Å². The molecule has 1 aromatic heterocycles. The van der Waals surface area contributed by atoms with Gasteiger partial charge in [0.25, 0.3) is 0 Å². The minimum atomic E-state index is -0.403. The first-order chi connectivity index (χ1) is 10.2. The van der Waals surface area contributed by atoms with Crippen molar-refractivity contribution in [3.05, 3.63) is 17.8 Å². The molecule has 0 saturated carbocycles. The summed E-state index contributed by atoms with van der Waals surface area (Å²) in [4.78, 5) is 18.5. The van der Waals surface area contributed by atoms with E-state index in [4.69, 9.17) is 10.5 Å². The van der Waals surface area contributed by atoms with Gasteiger partial charge in [-0.2, -0.15) is 0 Å². The Balaban J connectivity index is 2.09. The zero-order valence-corrected chi connectivity index (χ0v) is 12.8. The van der Waals surface area contributed by atoms with Gasteiger partial charge in [0.2, 0.25) is 0 Å². The number of carbonyl (C=O) groups is 1. The van der Waals surface area contributed by atoms with Crippen LogP contribution in [0.25, 0.3) is 0 Å². The maximum Gasteiger partial charge on any atom is 0.340 e. The van der Waals surface area contributed by atoms with Crippen LogP contribution < -0.4 is 11.1 Å². The van der Waals surface area contributed by atoms with Gasteiger partial charge in [-0.25, -0.2) is 9.78 Å². The number of piperidine rings is 1. The van der Waals surface area contributed by atoms with Crippen LogP contribution in [-0.2, 0) is 4.74 Å². The molecule has 6 nitrogen and oxygen atoms in total. The summed E-state index contributed by atoms with van der Waals surface area (Å²) in [6.07, 6.45) is 3.83. The molecule has 0 aromatic carbocycles. The molecule has 2 rings (SSSR count). The van der Waals surface area contributed by atoms with Crippen LogP contribution in [0.5, 0.6) is 0 Å². The van der Waals surface area contributed by atoms with E-state index in [9.17, 15) is 4.79 Å². The number of hydrogen-bond donors (Lipinski definition) is 2. The first-order valence-corrected chi connectivity index (χ1v) is 7.56. The van der Waals surface area contributed by atoms with Crippen molar-refractivity contribution in [3.63, 3.8) is 0 Å². The van der Waals surface area contributed by atoms with E-state index in [0.29, 0.717) is 29.7 Å². The Morgan fingerprint density at radius 2 is 2.38 bits per heavy atom. The molecule has 0 bridgehead atoms. The van der Waals surface area contributed by atoms with Crippen molar-refractivity contribution in [2.45, 2.75) is 32.7 Å². The minimum absolute atomic E-state index is 0.311. The SMILES string of the molecule is CCOC(=O)c1ccnc(NC2CCCN(CC)C2)c1N. The van der Waals surface area contributed by atoms with Crippen molar-refractivity contribution >= 4 is 17.5 Å². The number of likely N-dealkylation sites (N-methyl/N-ethyl adjacent to an activating group) is 1. The number of carbonyl (C=O) groups excluding carboxylic acids is 1. The second kappa shape index (κ2) is 7.26. The molecule has 1 saturated heterocycles. The van der Waals surface area contributed by atoms with Gasteiger partial charge in [-0.05, 0) is 38.9 Å². The largest absolute Gasteiger partial charge is 0.462 e. The molecule has 2 heterocycles. The van der Waals surface area contributed by atoms with Crippen molar-refractivity contribution in [1.82, 2.24) is 9.88 Å². The minimum Gasteiger partial charge on any atom is -0.462 e. The maximum absolute atomic E-state index is 11.8. The zero-order chi connectivity index (χ0) is 15.2. The monoisotopic (exact) mass is 292 g/mol. The summed E-state index contributed by atoms with van der Waals surface area (Å²) in [5, 5.41) is 3.37. The van der Waals surface area contributed by atoms with Crippen molar-refractivity contribution in [3.8, 4) is 0 Å². The quantitative estimate of drug-likeness (QED) is 0.805. The van der Waals surface area contributed by atoms with Gasteiger partial charge in [-0.1, -0.05) is 6.92 Å². The lowest BCUT2D eigenvalue weighted by molar-refractivity contribution is 0.0527. The van der Waals surface area contributed by atoms with Gasteiger partial charge in [0.15, 0.2) is 0 Å². The number of aromatic nitrogens is 1. The smallest absolute Gasteiger partial charge is 0.340 e. The Morgan fingerprint density at radius 3 is 3.10 bits per heavy atom. The fraction of sp³-hybridized carbons (Fsp3) is 0.600. The number of hydrogen-bond acceptors (Lipinski definition) is 6. The van der Waals surface area contributed by atoms with Gasteiger partial charge in [-0.3, -0.25) is 0 Å². The predicted molar refractivity (Wildman–Crippen MR) is 83.4 cm³/mol. The van der Waals surface area contributed by atoms with E-state index in [-0.39, 0.29) is 0 Å². The molecule has 0 spiro atoms. The number of nitrogens with zero attached hydrogens (tertiary/aromatic N) is 2. The summed E-state index contributed by atoms with van der Waals surface area (Å²) >= 11 is 0. The number of ether oxygens (including phenoxy) is 1. The highest BCUT2D eigenvalue weighted by Gasteiger charge is 2.21. The number of likely N-dealkylation sites (tertiary alicyclic amines) is 1. The molecule has 1 unspecified atom stereocenters. The summed E-state index contributed by atoms with van der Waals surface area (Å²) < 4.78 is 5.01. The van der Waals surface area contributed by atoms with Crippen molar-refractivity contribution in [2.24, 2.45) is 0 Å². The number of rotatable bonds is 5. The first-order valence-electron chi connectivity index (χ1n) is 7.56. The topological polar surface area (TPSA) is 80.5 Å². The zero-order valence-electron chi connectivity index (χ0n) is 12.8. The third-order valence-corrected chi connectivity index (χ3v) is 3.78. The van der Waals surface area contributed by atoms with Gasteiger partial charge in [0.1, 0.15) is 5.82 Å². The average molecular weight is 292 g/mol. The second-order valence-corrected chi connectivity index (χ2v) is 5.22. The molecule has 0 aliphatic carbocycles. The fourth-order valence-corrected chi connectivity index (χ4v) is 2.63. The Kier molecular flexibility index (Phi) is 5.38. The number of anilines is 2. The van der Waals surface area contributed by atoms with Gasteiger partial charge >= 0.3 is 5.97 Å². The molecule has 3 N–H and O–H groups in total. The summed E-state index contributed by atoms with van der Waals surface area (Å²) in [5.74, 6) is 0.169. The summed E-state index contributed by atoms with van der Waals surface area (Å²) in [7, 11) is 0. The molecular weight excluding hydrogens is 268 g/mol. The molecule has 1 atom stereocenters. The van der Waals surface area contributed by atoms with Gasteiger partial charge in [-0.15, -0.1) is 0 Å². The molecule has 1 aliphatic rings. The number of esters is 1. The Morgan fingerprint density at radius 1 is 1.57 bits per heavy atom. The van der Waals surface area contributed by atoms with Gasteiger partial charge in [0, 0.05) is 18.8 Å². The fourth-order valence-electron chi connectivity index (χ4n) is 2.63. The Labute approximate surface area is 125 Å². The molecule has 6 heteroatoms. The van der Waals surface area contributed by atoms with E-state index in [2.05, 4.69) is 22.1 Å². The lowest BCUT2D eigenvalue weighted by Crippen LogP contribution is -2.42. The summed E-state index contributed by atoms with van der Waals surface area (Å²) in [5.41, 5.74) is 6.80. The van der Waals surface area contributed by atoms with Crippen molar-refractivity contribution in [2.75, 3.05) is 37.3 Å². The second-order valence-electron chi connectivity index (χ2n) is 5.22. The van der Waals surface area contributed by atoms with Crippen LogP contribution in [0.3, 0.4) is 0 Å². The molecule has 116 valence electrons. The highest BCUT2D eigenvalue weighted by Crippen LogP contribution is 2.23. The van der Waals surface area contributed by atoms with E-state index in [1.165, 1.54) is 0 Å². The molecule has 1 aromatic rings. The highest BCUT2D eigenvalue weighted by atomic mass is 16.5. The molecule has 1 fully saturated rings. The normalized spacial score (nSPS) is 19.2. The average Bonchev–Trinajstić information content (AvgIpc) is 2.50. The predicted octanol–water partition coefficient (Wildman–Crippen LogP) is 1.74. The van der Waals surface area contributed by atoms with E-state index < -0.39 is 5.97 Å². The van der Waals surface area contributed by atoms with Crippen LogP contribution >= 0.6 is 0 Å². The Bertz CT molecular complexity index is 493. The molecule has 0 amide bonds. The van der Waals surface area contributed by atoms with Crippen LogP contribution in [0.4, 0.5) is 11.5 Å². The Hall–Kier alpha value is -1.82. The third-order valence-electron chi connectivity index (χ3n) is 3.78. The van der Waals surface area contributed by atoms with Crippen LogP contribution in [0.15, 0.2) is 12.3 Å². The number of nitrogens with two attached hydrogens (primary N) is 1. The van der Waals surface area contributed by atoms with Crippen LogP contribution in [-0.4, -0.2) is 48.1 Å². The van der Waals surface area contributed by atoms with E-state index >= 15 is 0 Å². The van der Waals surface area contributed by atoms with Gasteiger partial charge < -0.3 is 20.7 Å². The van der Waals surface area contributed by atoms with Gasteiger partial charge in [0.05, 0.1) is 17.9 Å². The molecule has 0 radical (unpaired) electrons. The summed E-state index contributed by atoms with van der Waals surface area (Å²) in [6, 6.07) is 1.91. The lowest BCUT2D eigenvalue weighted by Gasteiger charge is -2.32. The maximum atomic E-state index is 11.8. The highest BCUT2D eigenvalue weighted by molar-refractivity contribution is 5.97. The molecule has 21 heavy (non-hydrogen) atoms. The third kappa shape index (κ3) is 3.85. The number of nitrogen functional groups attached to an aromatic ring is 1. The number of pyridine rings is 1. The van der Waals surface area contributed by atoms with Crippen LogP contribution in [0.1, 0.15) is 37.0 Å². The van der Waals surface area contributed by atoms with Crippen molar-refractivity contribution in [1.29, 1.82) is 0 Å².